The van der Waals surface area contributed by atoms with Crippen molar-refractivity contribution in [3.8, 4) is 0 Å². The molecule has 20 heavy (non-hydrogen) atoms. The van der Waals surface area contributed by atoms with Crippen LogP contribution >= 0.6 is 0 Å². The fraction of sp³-hybridized carbons (Fsp3) is 0.200. The van der Waals surface area contributed by atoms with Crippen LogP contribution in [0.25, 0.3) is 0 Å². The Balaban J connectivity index is 2.19. The molecule has 0 aliphatic heterocycles. The number of hydrogen-bond donors (Lipinski definition) is 1. The minimum absolute atomic E-state index is 0.102. The van der Waals surface area contributed by atoms with Gasteiger partial charge in [0.2, 0.25) is 0 Å². The lowest BCUT2D eigenvalue weighted by Gasteiger charge is -2.19. The first kappa shape index (κ1) is 13.9. The zero-order chi connectivity index (χ0) is 14.5. The van der Waals surface area contributed by atoms with Crippen molar-refractivity contribution in [1.82, 2.24) is 4.90 Å². The van der Waals surface area contributed by atoms with Crippen LogP contribution in [0, 0.1) is 0 Å². The Kier molecular flexibility index (Phi) is 4.20. The van der Waals surface area contributed by atoms with Crippen molar-refractivity contribution in [2.24, 2.45) is 0 Å². The van der Waals surface area contributed by atoms with Gasteiger partial charge < -0.3 is 14.4 Å². The zero-order valence-corrected chi connectivity index (χ0v) is 11.1. The van der Waals surface area contributed by atoms with Gasteiger partial charge in [-0.15, -0.1) is 0 Å². The molecule has 1 aromatic carbocycles. The summed E-state index contributed by atoms with van der Waals surface area (Å²) in [7, 11) is 0. The first-order chi connectivity index (χ1) is 9.61. The molecule has 0 saturated heterocycles. The van der Waals surface area contributed by atoms with Crippen molar-refractivity contribution in [2.75, 3.05) is 6.54 Å². The summed E-state index contributed by atoms with van der Waals surface area (Å²) < 4.78 is 5.23. The van der Waals surface area contributed by atoms with Gasteiger partial charge in [0.05, 0.1) is 18.4 Å². The van der Waals surface area contributed by atoms with E-state index in [0.717, 1.165) is 0 Å². The van der Waals surface area contributed by atoms with E-state index in [2.05, 4.69) is 0 Å². The maximum atomic E-state index is 12.4. The summed E-state index contributed by atoms with van der Waals surface area (Å²) in [5.41, 5.74) is 0.461. The van der Waals surface area contributed by atoms with E-state index >= 15 is 0 Å². The molecule has 0 atom stereocenters. The smallest absolute Gasteiger partial charge is 0.335 e. The molecule has 0 bridgehead atoms. The van der Waals surface area contributed by atoms with Gasteiger partial charge in [-0.2, -0.15) is 0 Å². The summed E-state index contributed by atoms with van der Waals surface area (Å²) in [6, 6.07) is 9.58. The molecular formula is C15H15NO4. The minimum Gasteiger partial charge on any atom is -0.478 e. The number of carbonyl (C=O) groups is 2. The third-order valence-electron chi connectivity index (χ3n) is 2.95. The van der Waals surface area contributed by atoms with Gasteiger partial charge in [-0.25, -0.2) is 4.79 Å². The Hall–Kier alpha value is -2.56. The van der Waals surface area contributed by atoms with Crippen molar-refractivity contribution in [2.45, 2.75) is 13.5 Å². The molecule has 2 rings (SSSR count). The fourth-order valence-electron chi connectivity index (χ4n) is 1.89. The number of carboxylic acid groups (broad SMARTS) is 1. The molecule has 5 nitrogen and oxygen atoms in total. The number of carbonyl (C=O) groups excluding carboxylic acids is 1. The normalized spacial score (nSPS) is 10.2. The van der Waals surface area contributed by atoms with Gasteiger partial charge in [0.25, 0.3) is 5.91 Å². The summed E-state index contributed by atoms with van der Waals surface area (Å²) in [6.07, 6.45) is 1.55. The van der Waals surface area contributed by atoms with E-state index in [1.165, 1.54) is 12.1 Å². The summed E-state index contributed by atoms with van der Waals surface area (Å²) in [5.74, 6) is -0.574. The number of aromatic carboxylic acids is 1. The van der Waals surface area contributed by atoms with Crippen LogP contribution in [0.4, 0.5) is 0 Å². The third-order valence-corrected chi connectivity index (χ3v) is 2.95. The second-order valence-corrected chi connectivity index (χ2v) is 4.28. The molecule has 0 aliphatic carbocycles. The van der Waals surface area contributed by atoms with Crippen molar-refractivity contribution in [3.63, 3.8) is 0 Å². The number of furan rings is 1. The summed E-state index contributed by atoms with van der Waals surface area (Å²) in [5, 5.41) is 8.95. The largest absolute Gasteiger partial charge is 0.478 e. The van der Waals surface area contributed by atoms with Gasteiger partial charge in [-0.1, -0.05) is 6.07 Å². The molecule has 1 amide bonds. The number of nitrogens with zero attached hydrogens (tertiary/aromatic N) is 1. The predicted octanol–water partition coefficient (Wildman–Crippen LogP) is 2.64. The van der Waals surface area contributed by atoms with Crippen LogP contribution in [0.2, 0.25) is 0 Å². The van der Waals surface area contributed by atoms with E-state index in [1.807, 2.05) is 6.92 Å². The van der Waals surface area contributed by atoms with Crippen molar-refractivity contribution >= 4 is 11.9 Å². The second kappa shape index (κ2) is 6.06. The van der Waals surface area contributed by atoms with Gasteiger partial charge in [-0.3, -0.25) is 4.79 Å². The van der Waals surface area contributed by atoms with E-state index in [4.69, 9.17) is 9.52 Å². The maximum absolute atomic E-state index is 12.4. The van der Waals surface area contributed by atoms with Gasteiger partial charge in [-0.05, 0) is 37.3 Å². The van der Waals surface area contributed by atoms with Crippen molar-refractivity contribution in [3.05, 3.63) is 59.5 Å². The van der Waals surface area contributed by atoms with E-state index in [0.29, 0.717) is 24.4 Å². The molecule has 0 saturated carbocycles. The highest BCUT2D eigenvalue weighted by Crippen LogP contribution is 2.12. The first-order valence-electron chi connectivity index (χ1n) is 6.27. The molecular weight excluding hydrogens is 258 g/mol. The van der Waals surface area contributed by atoms with Gasteiger partial charge in [0.1, 0.15) is 5.76 Å². The molecule has 0 unspecified atom stereocenters. The Morgan fingerprint density at radius 1 is 1.20 bits per heavy atom. The summed E-state index contributed by atoms with van der Waals surface area (Å²) in [4.78, 5) is 24.9. The number of rotatable bonds is 5. The standard InChI is InChI=1S/C15H15NO4/c1-2-16(10-13-7-4-8-20-13)14(17)11-5-3-6-12(9-11)15(18)19/h3-9H,2,10H2,1H3,(H,18,19). The first-order valence-corrected chi connectivity index (χ1v) is 6.27. The van der Waals surface area contributed by atoms with E-state index in [-0.39, 0.29) is 11.5 Å². The topological polar surface area (TPSA) is 70.8 Å². The summed E-state index contributed by atoms with van der Waals surface area (Å²) >= 11 is 0. The van der Waals surface area contributed by atoms with Crippen LogP contribution in [0.15, 0.2) is 47.1 Å². The fourth-order valence-corrected chi connectivity index (χ4v) is 1.89. The molecule has 0 radical (unpaired) electrons. The van der Waals surface area contributed by atoms with Crippen LogP contribution in [-0.4, -0.2) is 28.4 Å². The molecule has 2 aromatic rings. The molecule has 104 valence electrons. The van der Waals surface area contributed by atoms with Crippen LogP contribution in [0.5, 0.6) is 0 Å². The Morgan fingerprint density at radius 3 is 2.55 bits per heavy atom. The van der Waals surface area contributed by atoms with E-state index in [1.54, 1.807) is 35.4 Å². The Morgan fingerprint density at radius 2 is 1.95 bits per heavy atom. The molecule has 0 spiro atoms. The lowest BCUT2D eigenvalue weighted by Crippen LogP contribution is -2.30. The third kappa shape index (κ3) is 3.06. The highest BCUT2D eigenvalue weighted by molar-refractivity contribution is 5.97. The molecule has 1 aromatic heterocycles. The maximum Gasteiger partial charge on any atom is 0.335 e. The van der Waals surface area contributed by atoms with Crippen LogP contribution in [0.3, 0.4) is 0 Å². The predicted molar refractivity (Wildman–Crippen MR) is 72.5 cm³/mol. The Bertz CT molecular complexity index is 604. The minimum atomic E-state index is -1.05. The Labute approximate surface area is 116 Å². The molecule has 0 fully saturated rings. The molecule has 0 aliphatic rings. The lowest BCUT2D eigenvalue weighted by molar-refractivity contribution is 0.0697. The molecule has 5 heteroatoms. The average molecular weight is 273 g/mol. The van der Waals surface area contributed by atoms with Gasteiger partial charge in [0, 0.05) is 12.1 Å². The van der Waals surface area contributed by atoms with Gasteiger partial charge >= 0.3 is 5.97 Å². The SMILES string of the molecule is CCN(Cc1ccco1)C(=O)c1cccc(C(=O)O)c1. The monoisotopic (exact) mass is 273 g/mol. The van der Waals surface area contributed by atoms with Crippen LogP contribution < -0.4 is 0 Å². The van der Waals surface area contributed by atoms with Crippen molar-refractivity contribution in [1.29, 1.82) is 0 Å². The lowest BCUT2D eigenvalue weighted by atomic mass is 10.1. The quantitative estimate of drug-likeness (QED) is 0.909. The zero-order valence-electron chi connectivity index (χ0n) is 11.1. The van der Waals surface area contributed by atoms with E-state index < -0.39 is 5.97 Å². The van der Waals surface area contributed by atoms with Crippen molar-refractivity contribution < 1.29 is 19.1 Å². The highest BCUT2D eigenvalue weighted by atomic mass is 16.4. The molecule has 1 heterocycles. The molecule has 1 N–H and O–H groups in total. The van der Waals surface area contributed by atoms with E-state index in [9.17, 15) is 9.59 Å². The summed E-state index contributed by atoms with van der Waals surface area (Å²) in [6.45, 7) is 2.73. The highest BCUT2D eigenvalue weighted by Gasteiger charge is 2.16. The number of hydrogen-bond acceptors (Lipinski definition) is 3. The van der Waals surface area contributed by atoms with Crippen LogP contribution in [0.1, 0.15) is 33.4 Å². The number of benzene rings is 1. The average Bonchev–Trinajstić information content (AvgIpc) is 2.97. The van der Waals surface area contributed by atoms with Crippen LogP contribution in [-0.2, 0) is 6.54 Å². The number of amides is 1. The second-order valence-electron chi connectivity index (χ2n) is 4.28. The number of carboxylic acids is 1. The van der Waals surface area contributed by atoms with Gasteiger partial charge in [0.15, 0.2) is 0 Å².